The summed E-state index contributed by atoms with van der Waals surface area (Å²) in [6.07, 6.45) is 2.06. The van der Waals surface area contributed by atoms with Crippen molar-refractivity contribution in [2.75, 3.05) is 21.2 Å². The standard InChI is InChI=1S/C19H22N4O2/c1-22(2)23-15-8-5-9-16(24)18(15)17(14(11-20)19(23)21)12-6-4-7-13(10-12)25-3/h4,6-7,10,17H,5,8-9,21H2,1-3H3. The number of benzene rings is 1. The van der Waals surface area contributed by atoms with Crippen molar-refractivity contribution in [3.63, 3.8) is 0 Å². The van der Waals surface area contributed by atoms with Crippen LogP contribution >= 0.6 is 0 Å². The van der Waals surface area contributed by atoms with Gasteiger partial charge in [-0.1, -0.05) is 12.1 Å². The average molecular weight is 338 g/mol. The fourth-order valence-electron chi connectivity index (χ4n) is 3.68. The predicted octanol–water partition coefficient (Wildman–Crippen LogP) is 2.27. The minimum atomic E-state index is -0.445. The first-order chi connectivity index (χ1) is 12.0. The number of hydrogen-bond acceptors (Lipinski definition) is 6. The molecule has 0 amide bonds. The number of Topliss-reactive ketones (excluding diaryl/α,β-unsaturated/α-hetero) is 1. The molecule has 3 rings (SSSR count). The molecule has 0 saturated carbocycles. The lowest BCUT2D eigenvalue weighted by Crippen LogP contribution is -2.45. The van der Waals surface area contributed by atoms with Crippen molar-refractivity contribution in [3.8, 4) is 11.8 Å². The summed E-state index contributed by atoms with van der Waals surface area (Å²) < 4.78 is 5.31. The van der Waals surface area contributed by atoms with E-state index in [1.54, 1.807) is 12.1 Å². The van der Waals surface area contributed by atoms with E-state index in [2.05, 4.69) is 6.07 Å². The van der Waals surface area contributed by atoms with Gasteiger partial charge in [0.1, 0.15) is 11.6 Å². The van der Waals surface area contributed by atoms with E-state index in [1.165, 1.54) is 0 Å². The lowest BCUT2D eigenvalue weighted by molar-refractivity contribution is -0.116. The first kappa shape index (κ1) is 17.1. The summed E-state index contributed by atoms with van der Waals surface area (Å²) in [6.45, 7) is 0. The van der Waals surface area contributed by atoms with Crippen LogP contribution in [0, 0.1) is 11.3 Å². The molecule has 1 atom stereocenters. The van der Waals surface area contributed by atoms with Crippen LogP contribution in [0.2, 0.25) is 0 Å². The first-order valence-electron chi connectivity index (χ1n) is 8.26. The van der Waals surface area contributed by atoms with Gasteiger partial charge < -0.3 is 10.5 Å². The second kappa shape index (κ2) is 6.61. The number of ketones is 1. The van der Waals surface area contributed by atoms with Gasteiger partial charge in [-0.3, -0.25) is 9.80 Å². The van der Waals surface area contributed by atoms with Crippen LogP contribution in [0.25, 0.3) is 0 Å². The number of allylic oxidation sites excluding steroid dienone is 3. The number of carbonyl (C=O) groups is 1. The van der Waals surface area contributed by atoms with Gasteiger partial charge in [0, 0.05) is 31.8 Å². The van der Waals surface area contributed by atoms with E-state index in [9.17, 15) is 10.1 Å². The monoisotopic (exact) mass is 338 g/mol. The first-order valence-corrected chi connectivity index (χ1v) is 8.26. The SMILES string of the molecule is COc1cccc(C2C(C#N)=C(N)N(N(C)C)C3=C2C(=O)CCC3)c1. The number of methoxy groups -OCH3 is 1. The third kappa shape index (κ3) is 2.77. The average Bonchev–Trinajstić information content (AvgIpc) is 2.60. The normalized spacial score (nSPS) is 20.7. The molecule has 0 bridgehead atoms. The molecular weight excluding hydrogens is 316 g/mol. The van der Waals surface area contributed by atoms with Crippen LogP contribution in [0.1, 0.15) is 30.7 Å². The lowest BCUT2D eigenvalue weighted by Gasteiger charge is -2.42. The van der Waals surface area contributed by atoms with Gasteiger partial charge in [-0.05, 0) is 30.5 Å². The van der Waals surface area contributed by atoms with E-state index in [0.29, 0.717) is 29.1 Å². The van der Waals surface area contributed by atoms with Crippen molar-refractivity contribution in [3.05, 3.63) is 52.5 Å². The van der Waals surface area contributed by atoms with Gasteiger partial charge in [-0.15, -0.1) is 0 Å². The quantitative estimate of drug-likeness (QED) is 0.910. The largest absolute Gasteiger partial charge is 0.497 e. The predicted molar refractivity (Wildman–Crippen MR) is 94.0 cm³/mol. The summed E-state index contributed by atoms with van der Waals surface area (Å²) in [5.41, 5.74) is 9.17. The van der Waals surface area contributed by atoms with Crippen LogP contribution in [0.5, 0.6) is 5.75 Å². The summed E-state index contributed by atoms with van der Waals surface area (Å²) in [5, 5.41) is 13.4. The Morgan fingerprint density at radius 3 is 2.76 bits per heavy atom. The summed E-state index contributed by atoms with van der Waals surface area (Å²) in [4.78, 5) is 12.8. The highest BCUT2D eigenvalue weighted by molar-refractivity contribution is 5.99. The van der Waals surface area contributed by atoms with Crippen molar-refractivity contribution in [2.24, 2.45) is 5.73 Å². The number of carbonyl (C=O) groups excluding carboxylic acids is 1. The van der Waals surface area contributed by atoms with Crippen molar-refractivity contribution in [1.29, 1.82) is 5.26 Å². The van der Waals surface area contributed by atoms with E-state index >= 15 is 0 Å². The van der Waals surface area contributed by atoms with Crippen molar-refractivity contribution >= 4 is 5.78 Å². The molecule has 1 aliphatic carbocycles. The van der Waals surface area contributed by atoms with Crippen LogP contribution in [-0.2, 0) is 4.79 Å². The molecule has 1 aliphatic heterocycles. The van der Waals surface area contributed by atoms with Crippen LogP contribution < -0.4 is 10.5 Å². The zero-order chi connectivity index (χ0) is 18.1. The second-order valence-corrected chi connectivity index (χ2v) is 6.42. The highest BCUT2D eigenvalue weighted by atomic mass is 16.5. The maximum Gasteiger partial charge on any atom is 0.161 e. The molecule has 1 aromatic rings. The Kier molecular flexibility index (Phi) is 4.51. The van der Waals surface area contributed by atoms with Crippen molar-refractivity contribution in [1.82, 2.24) is 10.0 Å². The van der Waals surface area contributed by atoms with Crippen LogP contribution in [0.3, 0.4) is 0 Å². The highest BCUT2D eigenvalue weighted by Gasteiger charge is 2.40. The topological polar surface area (TPSA) is 82.6 Å². The fourth-order valence-corrected chi connectivity index (χ4v) is 3.68. The number of rotatable bonds is 3. The Morgan fingerprint density at radius 1 is 1.36 bits per heavy atom. The number of nitriles is 1. The van der Waals surface area contributed by atoms with Gasteiger partial charge in [-0.2, -0.15) is 5.26 Å². The van der Waals surface area contributed by atoms with Gasteiger partial charge in [0.15, 0.2) is 5.78 Å². The highest BCUT2D eigenvalue weighted by Crippen LogP contribution is 2.45. The Labute approximate surface area is 147 Å². The minimum Gasteiger partial charge on any atom is -0.497 e. The molecule has 0 radical (unpaired) electrons. The van der Waals surface area contributed by atoms with Crippen LogP contribution in [0.4, 0.5) is 0 Å². The van der Waals surface area contributed by atoms with E-state index in [0.717, 1.165) is 24.1 Å². The molecule has 130 valence electrons. The zero-order valence-corrected chi connectivity index (χ0v) is 14.7. The summed E-state index contributed by atoms with van der Waals surface area (Å²) in [5.74, 6) is 0.711. The molecule has 2 aliphatic rings. The molecule has 1 unspecified atom stereocenters. The fraction of sp³-hybridized carbons (Fsp3) is 0.368. The van der Waals surface area contributed by atoms with Gasteiger partial charge in [0.05, 0.1) is 24.7 Å². The van der Waals surface area contributed by atoms with E-state index < -0.39 is 5.92 Å². The van der Waals surface area contributed by atoms with Crippen LogP contribution in [0.15, 0.2) is 46.9 Å². The molecule has 1 aromatic carbocycles. The molecule has 6 heteroatoms. The smallest absolute Gasteiger partial charge is 0.161 e. The van der Waals surface area contributed by atoms with E-state index in [1.807, 2.05) is 43.4 Å². The molecule has 0 saturated heterocycles. The lowest BCUT2D eigenvalue weighted by atomic mass is 9.76. The number of nitrogens with two attached hydrogens (primary N) is 1. The molecular formula is C19H22N4O2. The molecule has 6 nitrogen and oxygen atoms in total. The third-order valence-electron chi connectivity index (χ3n) is 4.71. The number of nitrogens with zero attached hydrogens (tertiary/aromatic N) is 3. The second-order valence-electron chi connectivity index (χ2n) is 6.42. The molecule has 1 heterocycles. The Hall–Kier alpha value is -2.78. The summed E-state index contributed by atoms with van der Waals surface area (Å²) in [7, 11) is 5.31. The van der Waals surface area contributed by atoms with E-state index in [4.69, 9.17) is 10.5 Å². The minimum absolute atomic E-state index is 0.0844. The Morgan fingerprint density at radius 2 is 2.12 bits per heavy atom. The Bertz CT molecular complexity index is 817. The molecule has 0 spiro atoms. The van der Waals surface area contributed by atoms with Gasteiger partial charge >= 0.3 is 0 Å². The maximum absolute atomic E-state index is 12.8. The molecule has 2 N–H and O–H groups in total. The van der Waals surface area contributed by atoms with Gasteiger partial charge in [0.25, 0.3) is 0 Å². The molecule has 0 aromatic heterocycles. The van der Waals surface area contributed by atoms with Crippen molar-refractivity contribution < 1.29 is 9.53 Å². The van der Waals surface area contributed by atoms with E-state index in [-0.39, 0.29) is 5.78 Å². The number of hydrazine groups is 1. The number of ether oxygens (including phenoxy) is 1. The summed E-state index contributed by atoms with van der Waals surface area (Å²) in [6, 6.07) is 9.73. The third-order valence-corrected chi connectivity index (χ3v) is 4.71. The maximum atomic E-state index is 12.8. The molecule has 25 heavy (non-hydrogen) atoms. The molecule has 0 fully saturated rings. The summed E-state index contributed by atoms with van der Waals surface area (Å²) >= 11 is 0. The number of hydrogen-bond donors (Lipinski definition) is 1. The van der Waals surface area contributed by atoms with Gasteiger partial charge in [0.2, 0.25) is 0 Å². The van der Waals surface area contributed by atoms with Crippen molar-refractivity contribution in [2.45, 2.75) is 25.2 Å². The van der Waals surface area contributed by atoms with Gasteiger partial charge in [-0.25, -0.2) is 5.01 Å². The zero-order valence-electron chi connectivity index (χ0n) is 14.7. The Balaban J connectivity index is 2.25. The van der Waals surface area contributed by atoms with Crippen LogP contribution in [-0.4, -0.2) is 37.0 Å².